The van der Waals surface area contributed by atoms with Crippen molar-refractivity contribution >= 4 is 28.3 Å². The minimum atomic E-state index is -0.0667. The predicted octanol–water partition coefficient (Wildman–Crippen LogP) is 3.20. The van der Waals surface area contributed by atoms with E-state index >= 15 is 0 Å². The summed E-state index contributed by atoms with van der Waals surface area (Å²) in [5.74, 6) is -0.0667. The molecule has 0 saturated heterocycles. The molecule has 0 fully saturated rings. The fourth-order valence-electron chi connectivity index (χ4n) is 1.66. The number of ketones is 1. The number of rotatable bonds is 2. The van der Waals surface area contributed by atoms with Gasteiger partial charge in [-0.05, 0) is 18.2 Å². The molecule has 0 unspecified atom stereocenters. The molecule has 76 valence electrons. The minimum absolute atomic E-state index is 0.0667. The average molecular weight is 220 g/mol. The third-order valence-electron chi connectivity index (χ3n) is 2.40. The number of aryl methyl sites for hydroxylation is 1. The van der Waals surface area contributed by atoms with Crippen molar-refractivity contribution in [2.75, 3.05) is 0 Å². The molecule has 2 nitrogen and oxygen atoms in total. The largest absolute Gasteiger partial charge is 0.350 e. The zero-order valence-electron chi connectivity index (χ0n) is 8.33. The van der Waals surface area contributed by atoms with Gasteiger partial charge in [-0.3, -0.25) is 4.79 Å². The highest BCUT2D eigenvalue weighted by Gasteiger charge is 2.11. The van der Waals surface area contributed by atoms with E-state index in [1.54, 1.807) is 12.3 Å². The van der Waals surface area contributed by atoms with E-state index in [-0.39, 0.29) is 5.78 Å². The van der Waals surface area contributed by atoms with Crippen LogP contribution in [0.1, 0.15) is 10.4 Å². The summed E-state index contributed by atoms with van der Waals surface area (Å²) in [5, 5.41) is 1.58. The molecule has 0 aliphatic rings. The minimum Gasteiger partial charge on any atom is -0.350 e. The lowest BCUT2D eigenvalue weighted by Crippen LogP contribution is -1.91. The molecule has 2 rings (SSSR count). The molecule has 1 aromatic carbocycles. The summed E-state index contributed by atoms with van der Waals surface area (Å²) in [6.45, 7) is 3.49. The highest BCUT2D eigenvalue weighted by atomic mass is 35.5. The highest BCUT2D eigenvalue weighted by molar-refractivity contribution is 6.31. The molecule has 0 aliphatic heterocycles. The van der Waals surface area contributed by atoms with Gasteiger partial charge in [0.15, 0.2) is 5.78 Å². The molecule has 1 aromatic heterocycles. The second kappa shape index (κ2) is 3.55. The molecule has 0 spiro atoms. The van der Waals surface area contributed by atoms with Gasteiger partial charge in [-0.2, -0.15) is 0 Å². The Kier molecular flexibility index (Phi) is 2.37. The molecule has 0 atom stereocenters. The Morgan fingerprint density at radius 3 is 2.93 bits per heavy atom. The molecule has 2 aromatic rings. The summed E-state index contributed by atoms with van der Waals surface area (Å²) < 4.78 is 1.89. The van der Waals surface area contributed by atoms with Crippen LogP contribution in [0, 0.1) is 0 Å². The van der Waals surface area contributed by atoms with Crippen LogP contribution in [0.5, 0.6) is 0 Å². The van der Waals surface area contributed by atoms with Gasteiger partial charge in [0.2, 0.25) is 0 Å². The number of carbonyl (C=O) groups is 1. The molecule has 3 heteroatoms. The van der Waals surface area contributed by atoms with Crippen molar-refractivity contribution in [1.29, 1.82) is 0 Å². The van der Waals surface area contributed by atoms with Gasteiger partial charge in [-0.1, -0.05) is 24.2 Å². The van der Waals surface area contributed by atoms with E-state index in [1.165, 1.54) is 6.08 Å². The number of fused-ring (bicyclic) bond motifs is 1. The summed E-state index contributed by atoms with van der Waals surface area (Å²) in [6.07, 6.45) is 3.12. The maximum atomic E-state index is 11.6. The molecular formula is C12H10ClNO. The fraction of sp³-hybridized carbons (Fsp3) is 0.0833. The lowest BCUT2D eigenvalue weighted by Gasteiger charge is -1.96. The van der Waals surface area contributed by atoms with E-state index < -0.39 is 0 Å². The number of nitrogens with zero attached hydrogens (tertiary/aromatic N) is 1. The van der Waals surface area contributed by atoms with Gasteiger partial charge in [0.1, 0.15) is 0 Å². The van der Waals surface area contributed by atoms with E-state index in [4.69, 9.17) is 11.6 Å². The van der Waals surface area contributed by atoms with E-state index in [9.17, 15) is 4.79 Å². The summed E-state index contributed by atoms with van der Waals surface area (Å²) in [5.41, 5.74) is 1.62. The molecule has 0 aliphatic carbocycles. The number of allylic oxidation sites excluding steroid dienone is 1. The van der Waals surface area contributed by atoms with Gasteiger partial charge in [-0.15, -0.1) is 0 Å². The average Bonchev–Trinajstić information content (AvgIpc) is 2.55. The first-order valence-corrected chi connectivity index (χ1v) is 4.92. The Hall–Kier alpha value is -1.54. The molecule has 0 radical (unpaired) electrons. The summed E-state index contributed by atoms with van der Waals surface area (Å²) in [4.78, 5) is 11.6. The molecule has 1 heterocycles. The summed E-state index contributed by atoms with van der Waals surface area (Å²) in [6, 6.07) is 5.48. The second-order valence-electron chi connectivity index (χ2n) is 3.38. The van der Waals surface area contributed by atoms with Gasteiger partial charge < -0.3 is 4.57 Å². The van der Waals surface area contributed by atoms with E-state index in [0.29, 0.717) is 10.6 Å². The Morgan fingerprint density at radius 2 is 2.27 bits per heavy atom. The zero-order valence-corrected chi connectivity index (χ0v) is 9.08. The van der Waals surface area contributed by atoms with Gasteiger partial charge in [0, 0.05) is 34.7 Å². The van der Waals surface area contributed by atoms with Gasteiger partial charge in [0.25, 0.3) is 0 Å². The standard InChI is InChI=1S/C12H10ClNO/c1-3-12(15)10-7-14(2)11-6-8(13)4-5-9(10)11/h3-7H,1H2,2H3. The molecule has 0 N–H and O–H groups in total. The second-order valence-corrected chi connectivity index (χ2v) is 3.82. The number of aromatic nitrogens is 1. The van der Waals surface area contributed by atoms with Crippen molar-refractivity contribution in [3.63, 3.8) is 0 Å². The molecule has 15 heavy (non-hydrogen) atoms. The number of carbonyl (C=O) groups excluding carboxylic acids is 1. The normalized spacial score (nSPS) is 10.5. The van der Waals surface area contributed by atoms with Gasteiger partial charge >= 0.3 is 0 Å². The fourth-order valence-corrected chi connectivity index (χ4v) is 1.83. The monoisotopic (exact) mass is 219 g/mol. The summed E-state index contributed by atoms with van der Waals surface area (Å²) in [7, 11) is 1.89. The first-order valence-electron chi connectivity index (χ1n) is 4.55. The first-order chi connectivity index (χ1) is 7.13. The van der Waals surface area contributed by atoms with E-state index in [2.05, 4.69) is 6.58 Å². The quantitative estimate of drug-likeness (QED) is 0.562. The maximum Gasteiger partial charge on any atom is 0.187 e. The molecule has 0 saturated carbocycles. The SMILES string of the molecule is C=CC(=O)c1cn(C)c2cc(Cl)ccc12. The zero-order chi connectivity index (χ0) is 11.0. The van der Waals surface area contributed by atoms with Crippen LogP contribution >= 0.6 is 11.6 Å². The third kappa shape index (κ3) is 1.57. The van der Waals surface area contributed by atoms with Crippen LogP contribution in [0.4, 0.5) is 0 Å². The predicted molar refractivity (Wildman–Crippen MR) is 62.5 cm³/mol. The van der Waals surface area contributed by atoms with Crippen LogP contribution in [0.15, 0.2) is 37.1 Å². The number of halogens is 1. The van der Waals surface area contributed by atoms with Crippen molar-refractivity contribution < 1.29 is 4.79 Å². The van der Waals surface area contributed by atoms with Crippen molar-refractivity contribution in [2.45, 2.75) is 0 Å². The third-order valence-corrected chi connectivity index (χ3v) is 2.64. The Morgan fingerprint density at radius 1 is 1.53 bits per heavy atom. The number of hydrogen-bond acceptors (Lipinski definition) is 1. The molecular weight excluding hydrogens is 210 g/mol. The van der Waals surface area contributed by atoms with Crippen LogP contribution in [0.3, 0.4) is 0 Å². The van der Waals surface area contributed by atoms with Crippen LogP contribution in [0.2, 0.25) is 5.02 Å². The summed E-state index contributed by atoms with van der Waals surface area (Å²) >= 11 is 5.89. The van der Waals surface area contributed by atoms with Crippen molar-refractivity contribution in [3.05, 3.63) is 47.6 Å². The van der Waals surface area contributed by atoms with E-state index in [1.807, 2.05) is 23.7 Å². The van der Waals surface area contributed by atoms with Gasteiger partial charge in [0.05, 0.1) is 0 Å². The topological polar surface area (TPSA) is 22.0 Å². The smallest absolute Gasteiger partial charge is 0.187 e. The van der Waals surface area contributed by atoms with E-state index in [0.717, 1.165) is 10.9 Å². The van der Waals surface area contributed by atoms with Crippen LogP contribution < -0.4 is 0 Å². The van der Waals surface area contributed by atoms with Crippen LogP contribution in [-0.2, 0) is 7.05 Å². The van der Waals surface area contributed by atoms with Crippen LogP contribution in [-0.4, -0.2) is 10.4 Å². The number of benzene rings is 1. The lowest BCUT2D eigenvalue weighted by atomic mass is 10.1. The Bertz CT molecular complexity index is 554. The van der Waals surface area contributed by atoms with Crippen LogP contribution in [0.25, 0.3) is 10.9 Å². The maximum absolute atomic E-state index is 11.6. The van der Waals surface area contributed by atoms with Crippen molar-refractivity contribution in [2.24, 2.45) is 7.05 Å². The highest BCUT2D eigenvalue weighted by Crippen LogP contribution is 2.24. The lowest BCUT2D eigenvalue weighted by molar-refractivity contribution is 0.104. The Labute approximate surface area is 92.8 Å². The molecule has 0 amide bonds. The molecule has 0 bridgehead atoms. The van der Waals surface area contributed by atoms with Gasteiger partial charge in [-0.25, -0.2) is 0 Å². The number of hydrogen-bond donors (Lipinski definition) is 0. The first kappa shape index (κ1) is 9.99. The van der Waals surface area contributed by atoms with Crippen molar-refractivity contribution in [3.8, 4) is 0 Å². The van der Waals surface area contributed by atoms with Crippen molar-refractivity contribution in [1.82, 2.24) is 4.57 Å². The Balaban J connectivity index is 2.78.